The van der Waals surface area contributed by atoms with E-state index in [4.69, 9.17) is 9.47 Å². The molecule has 0 spiro atoms. The zero-order valence-electron chi connectivity index (χ0n) is 19.4. The van der Waals surface area contributed by atoms with Crippen molar-refractivity contribution < 1.29 is 22.7 Å². The second-order valence-corrected chi connectivity index (χ2v) is 10.2. The molecule has 1 aliphatic heterocycles. The molecule has 0 aromatic heterocycles. The van der Waals surface area contributed by atoms with E-state index in [9.17, 15) is 13.2 Å². The maximum Gasteiger partial charge on any atom is 0.264 e. The van der Waals surface area contributed by atoms with Crippen LogP contribution in [0.2, 0.25) is 0 Å². The first-order valence-electron chi connectivity index (χ1n) is 11.1. The number of carbonyl (C=O) groups excluding carboxylic acids is 1. The van der Waals surface area contributed by atoms with Crippen LogP contribution in [0.5, 0.6) is 11.5 Å². The largest absolute Gasteiger partial charge is 0.491 e. The number of para-hydroxylation sites is 1. The Kier molecular flexibility index (Phi) is 6.79. The minimum absolute atomic E-state index is 0.128. The molecule has 178 valence electrons. The number of aryl methyl sites for hydroxylation is 3. The average Bonchev–Trinajstić information content (AvgIpc) is 2.82. The number of hydrogen-bond acceptors (Lipinski definition) is 5. The Hall–Kier alpha value is -3.52. The van der Waals surface area contributed by atoms with Crippen LogP contribution < -0.4 is 19.1 Å². The highest BCUT2D eigenvalue weighted by atomic mass is 32.2. The van der Waals surface area contributed by atoms with Gasteiger partial charge >= 0.3 is 0 Å². The van der Waals surface area contributed by atoms with Gasteiger partial charge in [0.1, 0.15) is 18.1 Å². The molecule has 0 aliphatic carbocycles. The molecular weight excluding hydrogens is 452 g/mol. The van der Waals surface area contributed by atoms with E-state index < -0.39 is 22.0 Å². The molecule has 0 saturated heterocycles. The van der Waals surface area contributed by atoms with Gasteiger partial charge in [0.25, 0.3) is 15.9 Å². The fourth-order valence-corrected chi connectivity index (χ4v) is 5.21. The molecule has 1 N–H and O–H groups in total. The molecule has 3 aromatic rings. The monoisotopic (exact) mass is 480 g/mol. The number of benzene rings is 3. The molecule has 0 saturated carbocycles. The van der Waals surface area contributed by atoms with Gasteiger partial charge in [-0.3, -0.25) is 9.10 Å². The van der Waals surface area contributed by atoms with Crippen molar-refractivity contribution in [3.8, 4) is 11.5 Å². The maximum absolute atomic E-state index is 13.5. The summed E-state index contributed by atoms with van der Waals surface area (Å²) >= 11 is 0. The third kappa shape index (κ3) is 5.02. The highest BCUT2D eigenvalue weighted by Gasteiger charge is 2.37. The average molecular weight is 481 g/mol. The number of hydrogen-bond donors (Lipinski definition) is 1. The number of anilines is 1. The van der Waals surface area contributed by atoms with Gasteiger partial charge in [-0.2, -0.15) is 0 Å². The summed E-state index contributed by atoms with van der Waals surface area (Å²) in [5, 5.41) is 2.80. The topological polar surface area (TPSA) is 84.9 Å². The van der Waals surface area contributed by atoms with E-state index in [-0.39, 0.29) is 24.6 Å². The number of carbonyl (C=O) groups is 1. The van der Waals surface area contributed by atoms with Crippen LogP contribution >= 0.6 is 0 Å². The van der Waals surface area contributed by atoms with Crippen molar-refractivity contribution in [3.05, 3.63) is 83.4 Å². The van der Waals surface area contributed by atoms with Crippen LogP contribution in [0, 0.1) is 20.8 Å². The summed E-state index contributed by atoms with van der Waals surface area (Å²) in [4.78, 5) is 13.1. The van der Waals surface area contributed by atoms with Gasteiger partial charge in [-0.15, -0.1) is 0 Å². The molecule has 1 atom stereocenters. The van der Waals surface area contributed by atoms with Gasteiger partial charge in [0.05, 0.1) is 23.7 Å². The van der Waals surface area contributed by atoms with Crippen molar-refractivity contribution in [2.24, 2.45) is 0 Å². The summed E-state index contributed by atoms with van der Waals surface area (Å²) in [7, 11) is -3.89. The normalized spacial score (nSPS) is 15.3. The highest BCUT2D eigenvalue weighted by Crippen LogP contribution is 2.37. The third-order valence-corrected chi connectivity index (χ3v) is 7.43. The number of sulfonamides is 1. The van der Waals surface area contributed by atoms with Crippen molar-refractivity contribution >= 4 is 21.6 Å². The van der Waals surface area contributed by atoms with Gasteiger partial charge in [-0.05, 0) is 62.2 Å². The molecule has 8 heteroatoms. The van der Waals surface area contributed by atoms with Crippen LogP contribution in [-0.2, 0) is 14.8 Å². The van der Waals surface area contributed by atoms with Crippen LogP contribution in [0.3, 0.4) is 0 Å². The van der Waals surface area contributed by atoms with Crippen molar-refractivity contribution in [2.75, 3.05) is 24.0 Å². The Morgan fingerprint density at radius 3 is 2.47 bits per heavy atom. The number of rotatable bonds is 7. The lowest BCUT2D eigenvalue weighted by Gasteiger charge is -2.35. The Labute approximate surface area is 200 Å². The molecule has 1 aliphatic rings. The van der Waals surface area contributed by atoms with E-state index in [1.165, 1.54) is 4.31 Å². The SMILES string of the molecule is Cc1ccc(S(=O)(=O)N2C[C@H](C(=O)NCCOc3ccccc3C)Oc3cc(C)ccc32)cc1. The van der Waals surface area contributed by atoms with Crippen molar-refractivity contribution in [3.63, 3.8) is 0 Å². The molecule has 0 radical (unpaired) electrons. The first kappa shape index (κ1) is 23.6. The van der Waals surface area contributed by atoms with Crippen LogP contribution in [0.4, 0.5) is 5.69 Å². The number of ether oxygens (including phenoxy) is 2. The van der Waals surface area contributed by atoms with Crippen LogP contribution in [0.15, 0.2) is 71.6 Å². The quantitative estimate of drug-likeness (QED) is 0.521. The van der Waals surface area contributed by atoms with E-state index in [0.717, 1.165) is 22.4 Å². The lowest BCUT2D eigenvalue weighted by Crippen LogP contribution is -2.51. The van der Waals surface area contributed by atoms with E-state index in [1.807, 2.05) is 51.1 Å². The molecule has 4 rings (SSSR count). The van der Waals surface area contributed by atoms with Crippen molar-refractivity contribution in [1.82, 2.24) is 5.32 Å². The fraction of sp³-hybridized carbons (Fsp3) is 0.269. The van der Waals surface area contributed by atoms with Gasteiger partial charge in [-0.25, -0.2) is 8.42 Å². The summed E-state index contributed by atoms with van der Waals surface area (Å²) in [6.45, 7) is 6.15. The second kappa shape index (κ2) is 9.77. The summed E-state index contributed by atoms with van der Waals surface area (Å²) in [5.74, 6) is 0.716. The molecule has 3 aromatic carbocycles. The highest BCUT2D eigenvalue weighted by molar-refractivity contribution is 7.92. The molecule has 0 bridgehead atoms. The summed E-state index contributed by atoms with van der Waals surface area (Å²) < 4.78 is 39.9. The van der Waals surface area contributed by atoms with Gasteiger partial charge in [0.2, 0.25) is 0 Å². The third-order valence-electron chi connectivity index (χ3n) is 5.64. The van der Waals surface area contributed by atoms with Crippen molar-refractivity contribution in [2.45, 2.75) is 31.8 Å². The Bertz CT molecular complexity index is 1290. The molecule has 0 unspecified atom stereocenters. The summed E-state index contributed by atoms with van der Waals surface area (Å²) in [5.41, 5.74) is 3.28. The van der Waals surface area contributed by atoms with E-state index >= 15 is 0 Å². The Balaban J connectivity index is 1.50. The zero-order valence-corrected chi connectivity index (χ0v) is 20.3. The maximum atomic E-state index is 13.5. The van der Waals surface area contributed by atoms with E-state index in [2.05, 4.69) is 5.32 Å². The molecule has 1 amide bonds. The zero-order chi connectivity index (χ0) is 24.3. The van der Waals surface area contributed by atoms with Crippen LogP contribution in [-0.4, -0.2) is 40.1 Å². The van der Waals surface area contributed by atoms with E-state index in [1.54, 1.807) is 36.4 Å². The molecule has 7 nitrogen and oxygen atoms in total. The predicted molar refractivity (Wildman–Crippen MR) is 131 cm³/mol. The minimum atomic E-state index is -3.89. The lowest BCUT2D eigenvalue weighted by molar-refractivity contribution is -0.127. The van der Waals surface area contributed by atoms with Gasteiger partial charge < -0.3 is 14.8 Å². The van der Waals surface area contributed by atoms with Crippen LogP contribution in [0.1, 0.15) is 16.7 Å². The lowest BCUT2D eigenvalue weighted by atomic mass is 10.1. The number of nitrogens with one attached hydrogen (secondary N) is 1. The minimum Gasteiger partial charge on any atom is -0.491 e. The first-order chi connectivity index (χ1) is 16.3. The summed E-state index contributed by atoms with van der Waals surface area (Å²) in [6.07, 6.45) is -0.993. The Morgan fingerprint density at radius 1 is 1.03 bits per heavy atom. The molecule has 34 heavy (non-hydrogen) atoms. The standard InChI is InChI=1S/C26H28N2O5S/c1-18-8-11-21(12-9-18)34(30,31)28-17-25(33-24-16-19(2)10-13-22(24)28)26(29)27-14-15-32-23-7-5-4-6-20(23)3/h4-13,16,25H,14-15,17H2,1-3H3,(H,27,29)/t25-/m1/s1. The van der Waals surface area contributed by atoms with Gasteiger partial charge in [-0.1, -0.05) is 42.0 Å². The molecular formula is C26H28N2O5S. The van der Waals surface area contributed by atoms with Crippen molar-refractivity contribution in [1.29, 1.82) is 0 Å². The number of fused-ring (bicyclic) bond motifs is 1. The Morgan fingerprint density at radius 2 is 1.74 bits per heavy atom. The van der Waals surface area contributed by atoms with Gasteiger partial charge in [0.15, 0.2) is 6.10 Å². The first-order valence-corrected chi connectivity index (χ1v) is 12.5. The van der Waals surface area contributed by atoms with Gasteiger partial charge in [0, 0.05) is 0 Å². The summed E-state index contributed by atoms with van der Waals surface area (Å²) in [6, 6.07) is 19.6. The smallest absolute Gasteiger partial charge is 0.264 e. The predicted octanol–water partition coefficient (Wildman–Crippen LogP) is 3.76. The molecule has 0 fully saturated rings. The van der Waals surface area contributed by atoms with Crippen LogP contribution in [0.25, 0.3) is 0 Å². The number of amides is 1. The molecule has 1 heterocycles. The second-order valence-electron chi connectivity index (χ2n) is 8.33. The van der Waals surface area contributed by atoms with E-state index in [0.29, 0.717) is 11.4 Å². The number of nitrogens with zero attached hydrogens (tertiary/aromatic N) is 1. The fourth-order valence-electron chi connectivity index (χ4n) is 3.73.